The second-order valence-corrected chi connectivity index (χ2v) is 8.09. The number of aliphatic carboxylic acids is 1. The van der Waals surface area contributed by atoms with E-state index in [0.717, 1.165) is 0 Å². The summed E-state index contributed by atoms with van der Waals surface area (Å²) in [5.74, 6) is -6.91. The fourth-order valence-electron chi connectivity index (χ4n) is 3.06. The minimum atomic E-state index is -1.55. The van der Waals surface area contributed by atoms with Crippen molar-refractivity contribution < 1.29 is 38.7 Å². The summed E-state index contributed by atoms with van der Waals surface area (Å²) >= 11 is 0. The molecular weight excluding hydrogens is 494 g/mol. The number of nitrogens with two attached hydrogens (primary N) is 4. The molecule has 0 spiro atoms. The number of amides is 6. The van der Waals surface area contributed by atoms with Crippen molar-refractivity contribution in [3.63, 3.8) is 0 Å². The normalized spacial score (nSPS) is 13.9. The number of carbonyl (C=O) groups is 7. The van der Waals surface area contributed by atoms with Gasteiger partial charge in [-0.1, -0.05) is 0 Å². The Morgan fingerprint density at radius 1 is 0.811 bits per heavy atom. The molecule has 1 heterocycles. The number of nitrogens with one attached hydrogen (secondary N) is 4. The molecule has 17 heteroatoms. The van der Waals surface area contributed by atoms with Crippen molar-refractivity contribution in [3.05, 3.63) is 18.2 Å². The Morgan fingerprint density at radius 2 is 1.32 bits per heavy atom. The zero-order valence-corrected chi connectivity index (χ0v) is 19.8. The zero-order chi connectivity index (χ0) is 28.1. The van der Waals surface area contributed by atoms with Gasteiger partial charge >= 0.3 is 5.97 Å². The number of primary amides is 3. The molecule has 17 nitrogen and oxygen atoms in total. The molecular formula is C20H31N9O8. The Bertz CT molecular complexity index is 998. The molecule has 0 bridgehead atoms. The van der Waals surface area contributed by atoms with Crippen LogP contribution in [0.15, 0.2) is 12.5 Å². The van der Waals surface area contributed by atoms with Gasteiger partial charge in [-0.15, -0.1) is 0 Å². The van der Waals surface area contributed by atoms with Crippen LogP contribution < -0.4 is 38.9 Å². The smallest absolute Gasteiger partial charge is 0.326 e. The van der Waals surface area contributed by atoms with E-state index < -0.39 is 72.0 Å². The first kappa shape index (κ1) is 30.5. The minimum Gasteiger partial charge on any atom is -0.480 e. The summed E-state index contributed by atoms with van der Waals surface area (Å²) < 4.78 is 0. The first-order chi connectivity index (χ1) is 17.3. The van der Waals surface area contributed by atoms with Crippen LogP contribution >= 0.6 is 0 Å². The van der Waals surface area contributed by atoms with Gasteiger partial charge < -0.3 is 49.0 Å². The van der Waals surface area contributed by atoms with Crippen molar-refractivity contribution in [1.29, 1.82) is 0 Å². The molecule has 1 rings (SSSR count). The highest BCUT2D eigenvalue weighted by Gasteiger charge is 2.31. The summed E-state index contributed by atoms with van der Waals surface area (Å²) in [6.07, 6.45) is 0.796. The summed E-state index contributed by atoms with van der Waals surface area (Å²) in [6.45, 7) is 0. The van der Waals surface area contributed by atoms with Crippen LogP contribution in [-0.4, -0.2) is 80.7 Å². The standard InChI is InChI=1S/C20H31N9O8/c21-10(5-9-7-25-8-26-9)17(33)29-13(6-16(24)32)19(35)27-11(1-3-14(22)30)18(34)28-12(20(36)37)2-4-15(23)31/h7-8,10-13H,1-6,21H2,(H2,22,30)(H2,23,31)(H2,24,32)(H,25,26)(H,27,35)(H,28,34)(H,29,33)(H,36,37). The first-order valence-electron chi connectivity index (χ1n) is 11.0. The third kappa shape index (κ3) is 11.6. The van der Waals surface area contributed by atoms with E-state index in [-0.39, 0.29) is 32.1 Å². The number of carboxylic acids is 1. The van der Waals surface area contributed by atoms with Crippen LogP contribution in [0, 0.1) is 0 Å². The van der Waals surface area contributed by atoms with E-state index in [2.05, 4.69) is 25.9 Å². The van der Waals surface area contributed by atoms with Gasteiger partial charge in [0.25, 0.3) is 0 Å². The lowest BCUT2D eigenvalue weighted by Gasteiger charge is -2.24. The predicted molar refractivity (Wildman–Crippen MR) is 124 cm³/mol. The maximum absolute atomic E-state index is 12.9. The van der Waals surface area contributed by atoms with Gasteiger partial charge in [-0.05, 0) is 12.8 Å². The van der Waals surface area contributed by atoms with Crippen LogP contribution in [0.2, 0.25) is 0 Å². The highest BCUT2D eigenvalue weighted by molar-refractivity contribution is 5.96. The third-order valence-corrected chi connectivity index (χ3v) is 4.98. The molecule has 4 atom stereocenters. The van der Waals surface area contributed by atoms with Crippen LogP contribution in [0.1, 0.15) is 37.8 Å². The second kappa shape index (κ2) is 14.8. The Balaban J connectivity index is 2.99. The topological polar surface area (TPSA) is 309 Å². The maximum Gasteiger partial charge on any atom is 0.326 e. The average molecular weight is 526 g/mol. The predicted octanol–water partition coefficient (Wildman–Crippen LogP) is -4.78. The molecule has 204 valence electrons. The molecule has 0 aliphatic carbocycles. The molecule has 13 N–H and O–H groups in total. The molecule has 0 fully saturated rings. The number of H-pyrrole nitrogens is 1. The van der Waals surface area contributed by atoms with Gasteiger partial charge in [0.05, 0.1) is 18.8 Å². The minimum absolute atomic E-state index is 0.0300. The van der Waals surface area contributed by atoms with Crippen molar-refractivity contribution in [2.45, 2.75) is 62.7 Å². The number of rotatable bonds is 17. The zero-order valence-electron chi connectivity index (χ0n) is 19.8. The highest BCUT2D eigenvalue weighted by Crippen LogP contribution is 2.05. The van der Waals surface area contributed by atoms with E-state index in [0.29, 0.717) is 5.69 Å². The second-order valence-electron chi connectivity index (χ2n) is 8.09. The molecule has 0 aliphatic heterocycles. The number of imidazole rings is 1. The van der Waals surface area contributed by atoms with E-state index in [1.165, 1.54) is 12.5 Å². The van der Waals surface area contributed by atoms with E-state index in [1.54, 1.807) is 0 Å². The molecule has 1 aromatic rings. The lowest BCUT2D eigenvalue weighted by atomic mass is 10.1. The summed E-state index contributed by atoms with van der Waals surface area (Å²) in [5.41, 5.74) is 21.7. The molecule has 37 heavy (non-hydrogen) atoms. The number of hydrogen-bond donors (Lipinski definition) is 9. The monoisotopic (exact) mass is 525 g/mol. The summed E-state index contributed by atoms with van der Waals surface area (Å²) in [4.78, 5) is 89.8. The fourth-order valence-corrected chi connectivity index (χ4v) is 3.06. The molecule has 4 unspecified atom stereocenters. The number of carbonyl (C=O) groups excluding carboxylic acids is 6. The van der Waals surface area contributed by atoms with Gasteiger partial charge in [-0.3, -0.25) is 28.8 Å². The Morgan fingerprint density at radius 3 is 1.81 bits per heavy atom. The van der Waals surface area contributed by atoms with Crippen LogP contribution in [0.3, 0.4) is 0 Å². The Hall–Kier alpha value is -4.54. The lowest BCUT2D eigenvalue weighted by molar-refractivity contribution is -0.143. The van der Waals surface area contributed by atoms with Crippen LogP contribution in [0.4, 0.5) is 0 Å². The molecule has 0 aromatic carbocycles. The fraction of sp³-hybridized carbons (Fsp3) is 0.500. The van der Waals surface area contributed by atoms with Crippen molar-refractivity contribution in [2.75, 3.05) is 0 Å². The van der Waals surface area contributed by atoms with Crippen LogP contribution in [-0.2, 0) is 40.0 Å². The van der Waals surface area contributed by atoms with E-state index in [1.807, 2.05) is 0 Å². The van der Waals surface area contributed by atoms with Gasteiger partial charge in [0.2, 0.25) is 35.4 Å². The Labute approximate surface area is 210 Å². The number of carboxylic acid groups (broad SMARTS) is 1. The summed E-state index contributed by atoms with van der Waals surface area (Å²) in [6, 6.07) is -5.72. The maximum atomic E-state index is 12.9. The van der Waals surface area contributed by atoms with Crippen LogP contribution in [0.25, 0.3) is 0 Å². The van der Waals surface area contributed by atoms with E-state index >= 15 is 0 Å². The SMILES string of the molecule is NC(=O)CCC(NC(=O)C(CCC(N)=O)NC(=O)C(CC(N)=O)NC(=O)C(N)Cc1cnc[nH]1)C(=O)O. The summed E-state index contributed by atoms with van der Waals surface area (Å²) in [5, 5.41) is 16.0. The highest BCUT2D eigenvalue weighted by atomic mass is 16.4. The number of aromatic nitrogens is 2. The van der Waals surface area contributed by atoms with Crippen molar-refractivity contribution >= 4 is 41.4 Å². The largest absolute Gasteiger partial charge is 0.480 e. The van der Waals surface area contributed by atoms with Gasteiger partial charge in [-0.2, -0.15) is 0 Å². The summed E-state index contributed by atoms with van der Waals surface area (Å²) in [7, 11) is 0. The van der Waals surface area contributed by atoms with E-state index in [4.69, 9.17) is 22.9 Å². The number of hydrogen-bond acceptors (Lipinski definition) is 9. The lowest BCUT2D eigenvalue weighted by Crippen LogP contribution is -2.58. The average Bonchev–Trinajstić information content (AvgIpc) is 3.30. The molecule has 0 saturated carbocycles. The van der Waals surface area contributed by atoms with Gasteiger partial charge in [0.1, 0.15) is 18.1 Å². The van der Waals surface area contributed by atoms with Gasteiger partial charge in [0, 0.05) is 31.2 Å². The van der Waals surface area contributed by atoms with E-state index in [9.17, 15) is 38.7 Å². The first-order valence-corrected chi connectivity index (χ1v) is 11.0. The van der Waals surface area contributed by atoms with Crippen molar-refractivity contribution in [3.8, 4) is 0 Å². The quantitative estimate of drug-likeness (QED) is 0.0934. The molecule has 0 saturated heterocycles. The van der Waals surface area contributed by atoms with Crippen molar-refractivity contribution in [2.24, 2.45) is 22.9 Å². The van der Waals surface area contributed by atoms with Crippen molar-refractivity contribution in [1.82, 2.24) is 25.9 Å². The number of nitrogens with zero attached hydrogens (tertiary/aromatic N) is 1. The van der Waals surface area contributed by atoms with Gasteiger partial charge in [-0.25, -0.2) is 9.78 Å². The van der Waals surface area contributed by atoms with Crippen LogP contribution in [0.5, 0.6) is 0 Å². The molecule has 6 amide bonds. The molecule has 0 aliphatic rings. The Kier molecular flexibility index (Phi) is 12.2. The molecule has 1 aromatic heterocycles. The molecule has 0 radical (unpaired) electrons. The van der Waals surface area contributed by atoms with Gasteiger partial charge in [0.15, 0.2) is 0 Å². The third-order valence-electron chi connectivity index (χ3n) is 4.98. The number of aromatic amines is 1.